The fourth-order valence-electron chi connectivity index (χ4n) is 11.4. The summed E-state index contributed by atoms with van der Waals surface area (Å²) in [6.07, 6.45) is -32.3. The third-order valence-electron chi connectivity index (χ3n) is 16.8. The fourth-order valence-corrected chi connectivity index (χ4v) is 11.4. The van der Waals surface area contributed by atoms with Gasteiger partial charge in [-0.3, -0.25) is 39.6 Å². The number of amides is 6. The average Bonchev–Trinajstić information content (AvgIpc) is 1.58. The Morgan fingerprint density at radius 1 is 0.587 bits per heavy atom. The van der Waals surface area contributed by atoms with Crippen LogP contribution in [0, 0.1) is 10.8 Å². The molecular weight excluding hydrogens is 1230 g/mol. The lowest BCUT2D eigenvalue weighted by molar-refractivity contribution is -0.352. The van der Waals surface area contributed by atoms with E-state index in [4.69, 9.17) is 40.2 Å². The van der Waals surface area contributed by atoms with Crippen LogP contribution >= 0.6 is 0 Å². The van der Waals surface area contributed by atoms with Gasteiger partial charge in [-0.15, -0.1) is 0 Å². The zero-order valence-electron chi connectivity index (χ0n) is 49.0. The molecule has 6 amide bonds. The number of aliphatic hydroxyl groups is 14. The number of nitrogens with one attached hydrogen (secondary N) is 11. The average molecular weight is 1310 g/mol. The van der Waals surface area contributed by atoms with E-state index in [1.807, 2.05) is 0 Å². The highest BCUT2D eigenvalue weighted by molar-refractivity contribution is 5.98. The van der Waals surface area contributed by atoms with Crippen molar-refractivity contribution in [1.82, 2.24) is 52.8 Å². The molecule has 25 unspecified atom stereocenters. The van der Waals surface area contributed by atoms with E-state index in [0.717, 1.165) is 11.0 Å². The Bertz CT molecular complexity index is 2940. The number of aliphatic hydroxyl groups excluding tert-OH is 14. The molecule has 0 radical (unpaired) electrons. The minimum absolute atomic E-state index is 0.0281. The third-order valence-corrected chi connectivity index (χ3v) is 16.8. The number of nitrogen functional groups attached to an aromatic ring is 1. The van der Waals surface area contributed by atoms with Gasteiger partial charge < -0.3 is 154 Å². The molecule has 38 nitrogen and oxygen atoms in total. The molecule has 2 aromatic carbocycles. The Morgan fingerprint density at radius 3 is 1.80 bits per heavy atom. The van der Waals surface area contributed by atoms with Gasteiger partial charge in [0.25, 0.3) is 0 Å². The largest absolute Gasteiger partial charge is 0.462 e. The number of anilines is 1. The van der Waals surface area contributed by atoms with E-state index in [-0.39, 0.29) is 29.5 Å². The van der Waals surface area contributed by atoms with Gasteiger partial charge in [0.05, 0.1) is 45.1 Å². The molecule has 6 heterocycles. The summed E-state index contributed by atoms with van der Waals surface area (Å²) in [7, 11) is 0. The van der Waals surface area contributed by atoms with Crippen LogP contribution in [0.4, 0.5) is 5.69 Å². The lowest BCUT2D eigenvalue weighted by Crippen LogP contribution is -2.69. The van der Waals surface area contributed by atoms with Crippen LogP contribution in [0.5, 0.6) is 5.75 Å². The zero-order chi connectivity index (χ0) is 67.2. The molecule has 0 bridgehead atoms. The number of benzene rings is 2. The van der Waals surface area contributed by atoms with Crippen molar-refractivity contribution in [1.29, 1.82) is 10.8 Å². The Labute approximate surface area is 522 Å². The number of hydrogen-bond acceptors (Lipinski definition) is 28. The van der Waals surface area contributed by atoms with E-state index in [2.05, 4.69) is 47.9 Å². The van der Waals surface area contributed by atoms with Crippen molar-refractivity contribution in [3.8, 4) is 5.75 Å². The van der Waals surface area contributed by atoms with Gasteiger partial charge in [0.15, 0.2) is 24.4 Å². The first-order valence-corrected chi connectivity index (χ1v) is 29.2. The molecule has 510 valence electrons. The van der Waals surface area contributed by atoms with E-state index >= 15 is 9.59 Å². The van der Waals surface area contributed by atoms with Crippen LogP contribution in [0.2, 0.25) is 0 Å². The van der Waals surface area contributed by atoms with Crippen molar-refractivity contribution in [2.24, 2.45) is 0 Å². The van der Waals surface area contributed by atoms with Crippen LogP contribution in [0.15, 0.2) is 48.5 Å². The highest BCUT2D eigenvalue weighted by Gasteiger charge is 2.54. The molecule has 92 heavy (non-hydrogen) atoms. The van der Waals surface area contributed by atoms with Crippen molar-refractivity contribution in [3.05, 3.63) is 59.7 Å². The number of ether oxygens (including phenoxy) is 5. The maximum Gasteiger partial charge on any atom is 0.246 e. The molecule has 0 spiro atoms. The van der Waals surface area contributed by atoms with E-state index in [1.54, 1.807) is 37.3 Å². The predicted molar refractivity (Wildman–Crippen MR) is 306 cm³/mol. The van der Waals surface area contributed by atoms with Gasteiger partial charge in [0, 0.05) is 37.2 Å². The van der Waals surface area contributed by atoms with Gasteiger partial charge in [-0.25, -0.2) is 0 Å². The van der Waals surface area contributed by atoms with E-state index in [0.29, 0.717) is 5.56 Å². The number of nitrogens with two attached hydrogens (primary N) is 1. The van der Waals surface area contributed by atoms with Crippen molar-refractivity contribution < 1.29 is 124 Å². The van der Waals surface area contributed by atoms with Gasteiger partial charge in [-0.2, -0.15) is 0 Å². The molecule has 2 aromatic rings. The maximum atomic E-state index is 15.2. The van der Waals surface area contributed by atoms with Crippen LogP contribution < -0.4 is 58.3 Å². The first-order valence-electron chi connectivity index (χ1n) is 29.2. The van der Waals surface area contributed by atoms with E-state index < -0.39 is 240 Å². The number of nitrogens with zero attached hydrogens (tertiary/aromatic N) is 1. The summed E-state index contributed by atoms with van der Waals surface area (Å²) in [5, 5.41) is 189. The van der Waals surface area contributed by atoms with Crippen LogP contribution in [-0.2, 0) is 54.1 Å². The highest BCUT2D eigenvalue weighted by Crippen LogP contribution is 2.33. The predicted octanol–water partition coefficient (Wildman–Crippen LogP) is -13.6. The van der Waals surface area contributed by atoms with Crippen molar-refractivity contribution in [2.75, 3.05) is 51.8 Å². The Morgan fingerprint density at radius 2 is 1.17 bits per heavy atom. The molecule has 25 atom stereocenters. The molecule has 27 N–H and O–H groups in total. The summed E-state index contributed by atoms with van der Waals surface area (Å²) in [5.41, 5.74) is 6.88. The fraction of sp³-hybridized carbons (Fsp3) is 0.630. The highest BCUT2D eigenvalue weighted by atomic mass is 16.7. The summed E-state index contributed by atoms with van der Waals surface area (Å²) in [4.78, 5) is 88.1. The second-order valence-electron chi connectivity index (χ2n) is 22.8. The summed E-state index contributed by atoms with van der Waals surface area (Å²) in [5.74, 6) is -9.63. The Kier molecular flexibility index (Phi) is 23.5. The van der Waals surface area contributed by atoms with Crippen molar-refractivity contribution >= 4 is 53.0 Å². The second-order valence-corrected chi connectivity index (χ2v) is 22.8. The minimum Gasteiger partial charge on any atom is -0.462 e. The molecule has 6 aliphatic rings. The van der Waals surface area contributed by atoms with E-state index in [9.17, 15) is 90.7 Å². The van der Waals surface area contributed by atoms with Gasteiger partial charge in [-0.1, -0.05) is 43.3 Å². The standard InChI is InChI=1S/C54H79N13O25/c1-18(19-5-3-2-4-6-19)31-47(85)61-23(9-20-7-8-21(10-22(20)55)88-51-43(82)40(79)44(29(17-71)91-51)92-52-42(81)39(78)37(76)28(16-70)90-52)46(84)65-32(34(73)24-11-59-53(56)63-24)49(87)66-33(48(86)62-25(14-68)45(83)58-13-30(72)64-31)35(74)26-12-60-54(57)67(26)50-41(80)38(77)36(75)27(15-69)89-50/h2-8,10,18,23-29,31-44,50-52,68-71,73-82H,9,11-17,55H2,1H3,(H2,57,60)(H,58,83)(H,61,85)(H,62,86)(H,64,72)(H,65,84)(H,66,87)(H3,56,59,63). The zero-order valence-corrected chi connectivity index (χ0v) is 49.0. The lowest BCUT2D eigenvalue weighted by Gasteiger charge is -2.46. The first kappa shape index (κ1) is 70.5. The van der Waals surface area contributed by atoms with Crippen molar-refractivity contribution in [2.45, 2.75) is 166 Å². The molecule has 8 rings (SSSR count). The molecule has 6 saturated heterocycles. The number of carbonyl (C=O) groups is 6. The van der Waals surface area contributed by atoms with Crippen LogP contribution in [0.3, 0.4) is 0 Å². The van der Waals surface area contributed by atoms with Crippen LogP contribution in [-0.4, -0.2) is 316 Å². The molecule has 0 saturated carbocycles. The summed E-state index contributed by atoms with van der Waals surface area (Å²) in [6, 6.07) is -1.22. The summed E-state index contributed by atoms with van der Waals surface area (Å²) < 4.78 is 28.2. The van der Waals surface area contributed by atoms with Gasteiger partial charge in [0.1, 0.15) is 121 Å². The van der Waals surface area contributed by atoms with Crippen LogP contribution in [0.1, 0.15) is 24.0 Å². The summed E-state index contributed by atoms with van der Waals surface area (Å²) in [6.45, 7) is -4.00. The number of guanidine groups is 2. The summed E-state index contributed by atoms with van der Waals surface area (Å²) >= 11 is 0. The molecule has 6 aliphatic heterocycles. The number of rotatable bonds is 17. The van der Waals surface area contributed by atoms with Gasteiger partial charge in [0.2, 0.25) is 41.7 Å². The monoisotopic (exact) mass is 1310 g/mol. The van der Waals surface area contributed by atoms with Crippen molar-refractivity contribution in [3.63, 3.8) is 0 Å². The first-order chi connectivity index (χ1) is 43.7. The van der Waals surface area contributed by atoms with Crippen LogP contribution in [0.25, 0.3) is 0 Å². The van der Waals surface area contributed by atoms with E-state index in [1.165, 1.54) is 12.1 Å². The SMILES string of the molecule is CC(c1ccccc1)C1NC(=O)CNC(=O)C(CO)NC(=O)C(C(O)C2CNC(=N)N2C2OC(CO)C(O)C(O)C2O)NC(=O)C(C(O)C2CNC(=N)N2)NC(=O)C(Cc2ccc(OC3OC(CO)C(OC4OC(CO)C(O)C(O)C4O)C(O)C3O)cc2N)NC1=O. The smallest absolute Gasteiger partial charge is 0.246 e. The Hall–Kier alpha value is -7.32. The Balaban J connectivity index is 1.12. The second kappa shape index (κ2) is 30.6. The molecule has 0 aromatic heterocycles. The minimum atomic E-state index is -2.38. The molecular formula is C54H79N13O25. The van der Waals surface area contributed by atoms with Gasteiger partial charge in [-0.05, 0) is 17.2 Å². The lowest BCUT2D eigenvalue weighted by atomic mass is 9.92. The molecule has 38 heteroatoms. The topological polar surface area (TPSA) is 617 Å². The normalized spacial score (nSPS) is 37.3. The number of hydrogen-bond donors (Lipinski definition) is 26. The third kappa shape index (κ3) is 15.5. The van der Waals surface area contributed by atoms with Gasteiger partial charge >= 0.3 is 0 Å². The molecule has 6 fully saturated rings. The maximum absolute atomic E-state index is 15.2. The number of carbonyl (C=O) groups excluding carboxylic acids is 6. The molecule has 0 aliphatic carbocycles. The quantitative estimate of drug-likeness (QED) is 0.0654.